The Kier molecular flexibility index (Phi) is 5.64. The summed E-state index contributed by atoms with van der Waals surface area (Å²) in [7, 11) is 2.06. The lowest BCUT2D eigenvalue weighted by atomic mass is 10.2. The molecule has 7 heteroatoms. The van der Waals surface area contributed by atoms with E-state index in [0.29, 0.717) is 11.4 Å². The molecular formula is C25H28N5O2+. The minimum atomic E-state index is -0.260. The molecule has 7 nitrogen and oxygen atoms in total. The van der Waals surface area contributed by atoms with Crippen molar-refractivity contribution in [2.45, 2.75) is 6.42 Å². The third-order valence-corrected chi connectivity index (χ3v) is 6.27. The first-order chi connectivity index (χ1) is 15.7. The zero-order valence-electron chi connectivity index (χ0n) is 18.3. The van der Waals surface area contributed by atoms with Crippen LogP contribution in [0.25, 0.3) is 11.0 Å². The van der Waals surface area contributed by atoms with Crippen LogP contribution in [-0.4, -0.2) is 48.2 Å². The number of aryl methyl sites for hydroxylation is 1. The Balaban J connectivity index is 1.20. The van der Waals surface area contributed by atoms with E-state index in [-0.39, 0.29) is 5.91 Å². The van der Waals surface area contributed by atoms with Crippen molar-refractivity contribution in [2.75, 3.05) is 42.9 Å². The SMILES string of the molecule is Cn1c(CC[NH+]2CCN(c3ccccc3)CC2)nc2cc(NC(=O)c3ccco3)ccc21. The number of piperazine rings is 1. The van der Waals surface area contributed by atoms with Gasteiger partial charge >= 0.3 is 0 Å². The van der Waals surface area contributed by atoms with E-state index >= 15 is 0 Å². The Morgan fingerprint density at radius 3 is 2.66 bits per heavy atom. The number of hydrogen-bond donors (Lipinski definition) is 2. The highest BCUT2D eigenvalue weighted by molar-refractivity contribution is 6.03. The first kappa shape index (κ1) is 20.3. The summed E-state index contributed by atoms with van der Waals surface area (Å²) in [6, 6.07) is 19.8. The van der Waals surface area contributed by atoms with Crippen LogP contribution in [0.15, 0.2) is 71.3 Å². The third-order valence-electron chi connectivity index (χ3n) is 6.27. The number of anilines is 2. The molecule has 1 saturated heterocycles. The van der Waals surface area contributed by atoms with E-state index in [0.717, 1.165) is 56.0 Å². The van der Waals surface area contributed by atoms with Crippen LogP contribution in [0.3, 0.4) is 0 Å². The van der Waals surface area contributed by atoms with E-state index in [1.165, 1.54) is 12.0 Å². The van der Waals surface area contributed by atoms with Crippen molar-refractivity contribution in [3.05, 3.63) is 78.5 Å². The number of quaternary nitrogens is 1. The molecule has 1 amide bonds. The fraction of sp³-hybridized carbons (Fsp3) is 0.280. The first-order valence-electron chi connectivity index (χ1n) is 11.1. The van der Waals surface area contributed by atoms with Gasteiger partial charge in [0.1, 0.15) is 5.82 Å². The maximum absolute atomic E-state index is 12.2. The van der Waals surface area contributed by atoms with E-state index < -0.39 is 0 Å². The lowest BCUT2D eigenvalue weighted by molar-refractivity contribution is -0.900. The smallest absolute Gasteiger partial charge is 0.291 e. The van der Waals surface area contributed by atoms with Crippen molar-refractivity contribution in [1.82, 2.24) is 9.55 Å². The fourth-order valence-electron chi connectivity index (χ4n) is 4.41. The number of nitrogens with one attached hydrogen (secondary N) is 2. The summed E-state index contributed by atoms with van der Waals surface area (Å²) in [6.07, 6.45) is 2.42. The summed E-state index contributed by atoms with van der Waals surface area (Å²) in [6.45, 7) is 5.52. The van der Waals surface area contributed by atoms with Crippen LogP contribution in [0.4, 0.5) is 11.4 Å². The number of fused-ring (bicyclic) bond motifs is 1. The molecular weight excluding hydrogens is 402 g/mol. The summed E-state index contributed by atoms with van der Waals surface area (Å²) in [5.41, 5.74) is 3.99. The van der Waals surface area contributed by atoms with Crippen LogP contribution < -0.4 is 15.1 Å². The molecule has 0 saturated carbocycles. The maximum atomic E-state index is 12.2. The number of carbonyl (C=O) groups excluding carboxylic acids is 1. The van der Waals surface area contributed by atoms with E-state index in [1.54, 1.807) is 17.0 Å². The van der Waals surface area contributed by atoms with Crippen molar-refractivity contribution < 1.29 is 14.1 Å². The van der Waals surface area contributed by atoms with Gasteiger partial charge in [-0.25, -0.2) is 4.98 Å². The van der Waals surface area contributed by atoms with Gasteiger partial charge in [0.25, 0.3) is 5.91 Å². The van der Waals surface area contributed by atoms with Crippen molar-refractivity contribution in [2.24, 2.45) is 7.05 Å². The van der Waals surface area contributed by atoms with Gasteiger partial charge in [-0.3, -0.25) is 4.79 Å². The fourth-order valence-corrected chi connectivity index (χ4v) is 4.41. The molecule has 4 aromatic rings. The molecule has 164 valence electrons. The zero-order valence-corrected chi connectivity index (χ0v) is 18.3. The summed E-state index contributed by atoms with van der Waals surface area (Å²) in [5.74, 6) is 1.11. The van der Waals surface area contributed by atoms with Crippen molar-refractivity contribution in [1.29, 1.82) is 0 Å². The van der Waals surface area contributed by atoms with Crippen LogP contribution in [0.1, 0.15) is 16.4 Å². The van der Waals surface area contributed by atoms with E-state index in [1.807, 2.05) is 18.2 Å². The van der Waals surface area contributed by atoms with Crippen LogP contribution >= 0.6 is 0 Å². The molecule has 0 atom stereocenters. The number of aromatic nitrogens is 2. The minimum absolute atomic E-state index is 0.260. The number of benzene rings is 2. The number of para-hydroxylation sites is 1. The van der Waals surface area contributed by atoms with Gasteiger partial charge in [-0.05, 0) is 42.5 Å². The normalized spacial score (nSPS) is 14.7. The maximum Gasteiger partial charge on any atom is 0.291 e. The molecule has 5 rings (SSSR count). The zero-order chi connectivity index (χ0) is 21.9. The quantitative estimate of drug-likeness (QED) is 0.493. The molecule has 0 bridgehead atoms. The Morgan fingerprint density at radius 1 is 1.09 bits per heavy atom. The molecule has 2 N–H and O–H groups in total. The third kappa shape index (κ3) is 4.24. The molecule has 2 aromatic heterocycles. The molecule has 1 aliphatic rings. The van der Waals surface area contributed by atoms with Crippen LogP contribution in [0.2, 0.25) is 0 Å². The number of imidazole rings is 1. The van der Waals surface area contributed by atoms with Crippen molar-refractivity contribution in [3.8, 4) is 0 Å². The number of carbonyl (C=O) groups is 1. The minimum Gasteiger partial charge on any atom is -0.459 e. The van der Waals surface area contributed by atoms with E-state index in [9.17, 15) is 4.79 Å². The summed E-state index contributed by atoms with van der Waals surface area (Å²) in [4.78, 5) is 21.2. The van der Waals surface area contributed by atoms with Crippen LogP contribution in [0.5, 0.6) is 0 Å². The number of amides is 1. The second-order valence-corrected chi connectivity index (χ2v) is 8.29. The molecule has 0 radical (unpaired) electrons. The average molecular weight is 431 g/mol. The van der Waals surface area contributed by atoms with E-state index in [2.05, 4.69) is 52.2 Å². The van der Waals surface area contributed by atoms with Gasteiger partial charge in [0.05, 0.1) is 56.4 Å². The molecule has 3 heterocycles. The van der Waals surface area contributed by atoms with Gasteiger partial charge in [-0.1, -0.05) is 18.2 Å². The molecule has 32 heavy (non-hydrogen) atoms. The van der Waals surface area contributed by atoms with Gasteiger partial charge in [0.2, 0.25) is 0 Å². The summed E-state index contributed by atoms with van der Waals surface area (Å²) < 4.78 is 7.32. The summed E-state index contributed by atoms with van der Waals surface area (Å²) in [5, 5.41) is 2.88. The summed E-state index contributed by atoms with van der Waals surface area (Å²) >= 11 is 0. The molecule has 0 spiro atoms. The van der Waals surface area contributed by atoms with Crippen molar-refractivity contribution in [3.63, 3.8) is 0 Å². The lowest BCUT2D eigenvalue weighted by Gasteiger charge is -2.33. The second-order valence-electron chi connectivity index (χ2n) is 8.29. The molecule has 0 aliphatic carbocycles. The van der Waals surface area contributed by atoms with Gasteiger partial charge in [0, 0.05) is 18.4 Å². The first-order valence-corrected chi connectivity index (χ1v) is 11.1. The Bertz CT molecular complexity index is 1190. The number of furan rings is 1. The largest absolute Gasteiger partial charge is 0.459 e. The predicted molar refractivity (Wildman–Crippen MR) is 125 cm³/mol. The Morgan fingerprint density at radius 2 is 1.91 bits per heavy atom. The Labute approximate surface area is 187 Å². The highest BCUT2D eigenvalue weighted by Crippen LogP contribution is 2.20. The van der Waals surface area contributed by atoms with Gasteiger partial charge < -0.3 is 24.1 Å². The highest BCUT2D eigenvalue weighted by Gasteiger charge is 2.21. The highest BCUT2D eigenvalue weighted by atomic mass is 16.3. The lowest BCUT2D eigenvalue weighted by Crippen LogP contribution is -3.15. The van der Waals surface area contributed by atoms with Crippen LogP contribution in [-0.2, 0) is 13.5 Å². The average Bonchev–Trinajstić information content (AvgIpc) is 3.47. The van der Waals surface area contributed by atoms with E-state index in [4.69, 9.17) is 9.40 Å². The molecule has 2 aromatic carbocycles. The Hall–Kier alpha value is -3.58. The topological polar surface area (TPSA) is 67.7 Å². The standard InChI is InChI=1S/C25H27N5O2/c1-28-22-10-9-19(26-25(31)23-8-5-17-32-23)18-21(22)27-24(28)11-12-29-13-15-30(16-14-29)20-6-3-2-4-7-20/h2-10,17-18H,11-16H2,1H3,(H,26,31)/p+1. The second kappa shape index (κ2) is 8.88. The number of nitrogens with zero attached hydrogens (tertiary/aromatic N) is 3. The van der Waals surface area contributed by atoms with Crippen molar-refractivity contribution >= 4 is 28.3 Å². The monoisotopic (exact) mass is 430 g/mol. The predicted octanol–water partition coefficient (Wildman–Crippen LogP) is 2.37. The molecule has 0 unspecified atom stereocenters. The van der Waals surface area contributed by atoms with Gasteiger partial charge in [-0.2, -0.15) is 0 Å². The number of hydrogen-bond acceptors (Lipinski definition) is 4. The van der Waals surface area contributed by atoms with Gasteiger partial charge in [0.15, 0.2) is 5.76 Å². The number of rotatable bonds is 6. The molecule has 1 fully saturated rings. The molecule has 1 aliphatic heterocycles. The van der Waals surface area contributed by atoms with Crippen LogP contribution in [0, 0.1) is 0 Å². The van der Waals surface area contributed by atoms with Gasteiger partial charge in [-0.15, -0.1) is 0 Å².